The number of halogens is 1. The van der Waals surface area contributed by atoms with Crippen LogP contribution in [-0.2, 0) is 20.9 Å². The predicted molar refractivity (Wildman–Crippen MR) is 115 cm³/mol. The highest BCUT2D eigenvalue weighted by Gasteiger charge is 2.39. The molecule has 4 rings (SSSR count). The van der Waals surface area contributed by atoms with Crippen molar-refractivity contribution in [2.75, 3.05) is 0 Å². The predicted octanol–water partition coefficient (Wildman–Crippen LogP) is 5.16. The number of benzene rings is 2. The highest BCUT2D eigenvalue weighted by atomic mass is 79.9. The largest absolute Gasteiger partial charge is 0.457 e. The summed E-state index contributed by atoms with van der Waals surface area (Å²) in [5, 5.41) is 3.32. The zero-order chi connectivity index (χ0) is 20.4. The quantitative estimate of drug-likeness (QED) is 0.652. The van der Waals surface area contributed by atoms with Gasteiger partial charge in [0.2, 0.25) is 0 Å². The summed E-state index contributed by atoms with van der Waals surface area (Å²) >= 11 is 3.61. The lowest BCUT2D eigenvalue weighted by molar-refractivity contribution is -0.140. The summed E-state index contributed by atoms with van der Waals surface area (Å²) in [7, 11) is 0. The molecule has 0 fully saturated rings. The van der Waals surface area contributed by atoms with Crippen LogP contribution in [0.25, 0.3) is 0 Å². The minimum atomic E-state index is -0.433. The third kappa shape index (κ3) is 3.92. The Morgan fingerprint density at radius 2 is 1.83 bits per heavy atom. The Morgan fingerprint density at radius 3 is 2.59 bits per heavy atom. The van der Waals surface area contributed by atoms with Crippen LogP contribution in [-0.4, -0.2) is 11.8 Å². The summed E-state index contributed by atoms with van der Waals surface area (Å²) < 4.78 is 6.53. The molecule has 2 aliphatic rings. The van der Waals surface area contributed by atoms with Crippen LogP contribution in [0.15, 0.2) is 81.6 Å². The van der Waals surface area contributed by atoms with Crippen LogP contribution < -0.4 is 5.32 Å². The maximum absolute atomic E-state index is 13.2. The summed E-state index contributed by atoms with van der Waals surface area (Å²) in [4.78, 5) is 26.1. The van der Waals surface area contributed by atoms with E-state index in [2.05, 4.69) is 21.2 Å². The second-order valence-corrected chi connectivity index (χ2v) is 8.20. The summed E-state index contributed by atoms with van der Waals surface area (Å²) in [5.41, 5.74) is 4.70. The van der Waals surface area contributed by atoms with E-state index in [9.17, 15) is 9.59 Å². The zero-order valence-electron chi connectivity index (χ0n) is 16.2. The van der Waals surface area contributed by atoms with Gasteiger partial charge < -0.3 is 10.1 Å². The number of ketones is 1. The number of carbonyl (C=O) groups is 2. The molecular weight excluding hydrogens is 430 g/mol. The second-order valence-electron chi connectivity index (χ2n) is 7.35. The molecule has 1 heterocycles. The van der Waals surface area contributed by atoms with E-state index in [1.165, 1.54) is 0 Å². The van der Waals surface area contributed by atoms with E-state index in [1.54, 1.807) is 0 Å². The Hall–Kier alpha value is -2.66. The van der Waals surface area contributed by atoms with Gasteiger partial charge in [0.05, 0.1) is 5.57 Å². The molecule has 0 saturated heterocycles. The Morgan fingerprint density at radius 1 is 1.10 bits per heavy atom. The maximum atomic E-state index is 13.2. The van der Waals surface area contributed by atoms with Crippen LogP contribution in [0.5, 0.6) is 0 Å². The molecule has 0 spiro atoms. The molecule has 0 bridgehead atoms. The molecule has 0 unspecified atom stereocenters. The topological polar surface area (TPSA) is 55.4 Å². The fourth-order valence-electron chi connectivity index (χ4n) is 4.07. The van der Waals surface area contributed by atoms with E-state index in [1.807, 2.05) is 61.5 Å². The minimum absolute atomic E-state index is 0.0976. The molecule has 4 nitrogen and oxygen atoms in total. The first-order chi connectivity index (χ1) is 14.1. The van der Waals surface area contributed by atoms with Gasteiger partial charge in [-0.25, -0.2) is 4.79 Å². The number of ether oxygens (including phenoxy) is 1. The SMILES string of the molecule is CC1=C(C(=O)OCc2ccccc2)[C@H](c2ccccc2Br)C2=C(CCCC2=O)N1. The smallest absolute Gasteiger partial charge is 0.337 e. The average Bonchev–Trinajstić information content (AvgIpc) is 2.72. The number of esters is 1. The van der Waals surface area contributed by atoms with Gasteiger partial charge in [-0.1, -0.05) is 64.5 Å². The third-order valence-electron chi connectivity index (χ3n) is 5.42. The van der Waals surface area contributed by atoms with Crippen molar-refractivity contribution in [3.63, 3.8) is 0 Å². The molecule has 1 N–H and O–H groups in total. The zero-order valence-corrected chi connectivity index (χ0v) is 17.8. The summed E-state index contributed by atoms with van der Waals surface area (Å²) in [6.45, 7) is 2.07. The van der Waals surface area contributed by atoms with Crippen LogP contribution in [0, 0.1) is 0 Å². The molecule has 0 saturated carbocycles. The highest BCUT2D eigenvalue weighted by molar-refractivity contribution is 9.10. The number of rotatable bonds is 4. The lowest BCUT2D eigenvalue weighted by Gasteiger charge is -2.34. The van der Waals surface area contributed by atoms with Gasteiger partial charge in [0.1, 0.15) is 6.61 Å². The van der Waals surface area contributed by atoms with Gasteiger partial charge in [-0.05, 0) is 37.0 Å². The van der Waals surface area contributed by atoms with Gasteiger partial charge in [0.15, 0.2) is 5.78 Å². The van der Waals surface area contributed by atoms with Crippen molar-refractivity contribution in [2.45, 2.75) is 38.7 Å². The summed E-state index contributed by atoms with van der Waals surface area (Å²) in [5.74, 6) is -0.734. The molecule has 1 atom stereocenters. The third-order valence-corrected chi connectivity index (χ3v) is 6.15. The van der Waals surface area contributed by atoms with Crippen molar-refractivity contribution in [3.05, 3.63) is 92.7 Å². The van der Waals surface area contributed by atoms with Gasteiger partial charge in [-0.15, -0.1) is 0 Å². The number of carbonyl (C=O) groups excluding carboxylic acids is 2. The molecule has 0 amide bonds. The molecule has 0 aromatic heterocycles. The number of hydrogen-bond donors (Lipinski definition) is 1. The van der Waals surface area contributed by atoms with Gasteiger partial charge in [-0.2, -0.15) is 0 Å². The number of allylic oxidation sites excluding steroid dienone is 3. The molecule has 2 aromatic rings. The van der Waals surface area contributed by atoms with Gasteiger partial charge in [-0.3, -0.25) is 4.79 Å². The Balaban J connectivity index is 1.73. The lowest BCUT2D eigenvalue weighted by Crippen LogP contribution is -2.34. The monoisotopic (exact) mass is 451 g/mol. The fraction of sp³-hybridized carbons (Fsp3) is 0.250. The van der Waals surface area contributed by atoms with Crippen LogP contribution in [0.2, 0.25) is 0 Å². The van der Waals surface area contributed by atoms with E-state index >= 15 is 0 Å². The number of nitrogens with one attached hydrogen (secondary N) is 1. The van der Waals surface area contributed by atoms with E-state index in [-0.39, 0.29) is 12.4 Å². The van der Waals surface area contributed by atoms with Crippen molar-refractivity contribution in [3.8, 4) is 0 Å². The Bertz CT molecular complexity index is 1020. The number of Topliss-reactive ketones (excluding diaryl/α,β-unsaturated/α-hetero) is 1. The first-order valence-electron chi connectivity index (χ1n) is 9.75. The van der Waals surface area contributed by atoms with Gasteiger partial charge >= 0.3 is 5.97 Å². The van der Waals surface area contributed by atoms with E-state index in [4.69, 9.17) is 4.74 Å². The molecule has 1 aliphatic carbocycles. The maximum Gasteiger partial charge on any atom is 0.337 e. The molecule has 1 aliphatic heterocycles. The molecule has 29 heavy (non-hydrogen) atoms. The minimum Gasteiger partial charge on any atom is -0.457 e. The summed E-state index contributed by atoms with van der Waals surface area (Å²) in [6, 6.07) is 17.4. The first kappa shape index (κ1) is 19.6. The standard InChI is InChI=1S/C24H22BrNO3/c1-15-21(24(28)29-14-16-8-3-2-4-9-16)22(17-10-5-6-11-18(17)25)23-19(26-15)12-7-13-20(23)27/h2-6,8-11,22,26H,7,12-14H2,1H3/t22-/m0/s1. The fourth-order valence-corrected chi connectivity index (χ4v) is 4.59. The Kier molecular flexibility index (Phi) is 5.67. The van der Waals surface area contributed by atoms with Crippen molar-refractivity contribution < 1.29 is 14.3 Å². The van der Waals surface area contributed by atoms with E-state index in [0.29, 0.717) is 17.6 Å². The van der Waals surface area contributed by atoms with E-state index in [0.717, 1.165) is 39.8 Å². The molecule has 0 radical (unpaired) electrons. The van der Waals surface area contributed by atoms with Crippen molar-refractivity contribution >= 4 is 27.7 Å². The first-order valence-corrected chi connectivity index (χ1v) is 10.5. The van der Waals surface area contributed by atoms with E-state index < -0.39 is 11.9 Å². The lowest BCUT2D eigenvalue weighted by atomic mass is 9.75. The van der Waals surface area contributed by atoms with Crippen LogP contribution in [0.3, 0.4) is 0 Å². The van der Waals surface area contributed by atoms with Gasteiger partial charge in [0.25, 0.3) is 0 Å². The van der Waals surface area contributed by atoms with Gasteiger partial charge in [0, 0.05) is 33.8 Å². The molecular formula is C24H22BrNO3. The van der Waals surface area contributed by atoms with Crippen LogP contribution >= 0.6 is 15.9 Å². The van der Waals surface area contributed by atoms with Crippen molar-refractivity contribution in [1.82, 2.24) is 5.32 Å². The Labute approximate surface area is 178 Å². The molecule has 2 aromatic carbocycles. The van der Waals surface area contributed by atoms with Crippen molar-refractivity contribution in [2.24, 2.45) is 0 Å². The second kappa shape index (κ2) is 8.37. The van der Waals surface area contributed by atoms with Crippen LogP contribution in [0.4, 0.5) is 0 Å². The number of hydrogen-bond acceptors (Lipinski definition) is 4. The summed E-state index contributed by atoms with van der Waals surface area (Å²) in [6.07, 6.45) is 2.15. The van der Waals surface area contributed by atoms with Crippen LogP contribution in [0.1, 0.15) is 43.2 Å². The molecule has 5 heteroatoms. The highest BCUT2D eigenvalue weighted by Crippen LogP contribution is 2.44. The molecule has 148 valence electrons. The number of dihydropyridines is 1. The average molecular weight is 452 g/mol. The van der Waals surface area contributed by atoms with Crippen molar-refractivity contribution in [1.29, 1.82) is 0 Å². The normalized spacial score (nSPS) is 19.0.